The van der Waals surface area contributed by atoms with Crippen LogP contribution in [0.2, 0.25) is 0 Å². The lowest BCUT2D eigenvalue weighted by atomic mass is 9.98. The number of carboxylic acid groups (broad SMARTS) is 1. The predicted octanol–water partition coefficient (Wildman–Crippen LogP) is 0.987. The second-order valence-electron chi connectivity index (χ2n) is 4.36. The molecule has 2 aromatic rings. The number of pyridine rings is 1. The average molecular weight is 244 g/mol. The Labute approximate surface area is 103 Å². The number of nitrogens with zero attached hydrogens (tertiary/aromatic N) is 4. The van der Waals surface area contributed by atoms with E-state index in [-0.39, 0.29) is 5.92 Å². The quantitative estimate of drug-likeness (QED) is 0.851. The first-order valence-electron chi connectivity index (χ1n) is 5.81. The van der Waals surface area contributed by atoms with Gasteiger partial charge >= 0.3 is 5.97 Å². The molecule has 1 aliphatic heterocycles. The lowest BCUT2D eigenvalue weighted by Gasteiger charge is -2.20. The number of aliphatic carboxylic acids is 1. The zero-order chi connectivity index (χ0) is 12.5. The highest BCUT2D eigenvalue weighted by atomic mass is 16.4. The minimum Gasteiger partial charge on any atom is -0.481 e. The second kappa shape index (κ2) is 4.21. The first kappa shape index (κ1) is 10.9. The van der Waals surface area contributed by atoms with Gasteiger partial charge in [0.2, 0.25) is 0 Å². The molecule has 1 N–H and O–H groups in total. The first-order chi connectivity index (χ1) is 8.75. The van der Waals surface area contributed by atoms with E-state index < -0.39 is 5.97 Å². The van der Waals surface area contributed by atoms with E-state index in [1.54, 1.807) is 12.4 Å². The summed E-state index contributed by atoms with van der Waals surface area (Å²) < 4.78 is 1.98. The number of hydrogen-bond donors (Lipinski definition) is 1. The van der Waals surface area contributed by atoms with Crippen LogP contribution >= 0.6 is 0 Å². The minimum atomic E-state index is -0.757. The van der Waals surface area contributed by atoms with E-state index in [0.717, 1.165) is 17.2 Å². The highest BCUT2D eigenvalue weighted by Gasteiger charge is 2.27. The molecule has 0 amide bonds. The van der Waals surface area contributed by atoms with Crippen molar-refractivity contribution < 1.29 is 9.90 Å². The number of hydrogen-bond acceptors (Lipinski definition) is 4. The van der Waals surface area contributed by atoms with Crippen molar-refractivity contribution in [3.8, 4) is 11.4 Å². The normalized spacial score (nSPS) is 18.3. The molecule has 18 heavy (non-hydrogen) atoms. The molecular formula is C12H12N4O2. The third-order valence-corrected chi connectivity index (χ3v) is 3.23. The molecule has 1 atom stereocenters. The maximum atomic E-state index is 11.0. The summed E-state index contributed by atoms with van der Waals surface area (Å²) in [6.45, 7) is 0.642. The summed E-state index contributed by atoms with van der Waals surface area (Å²) in [5.41, 5.74) is 0.907. The molecule has 0 saturated carbocycles. The van der Waals surface area contributed by atoms with Crippen molar-refractivity contribution in [1.29, 1.82) is 0 Å². The highest BCUT2D eigenvalue weighted by molar-refractivity contribution is 5.70. The molecule has 3 heterocycles. The summed E-state index contributed by atoms with van der Waals surface area (Å²) in [6.07, 6.45) is 4.51. The first-order valence-corrected chi connectivity index (χ1v) is 5.81. The summed E-state index contributed by atoms with van der Waals surface area (Å²) in [4.78, 5) is 15.0. The number of rotatable bonds is 2. The molecule has 6 heteroatoms. The number of fused-ring (bicyclic) bond motifs is 1. The van der Waals surface area contributed by atoms with Crippen LogP contribution in [0.3, 0.4) is 0 Å². The largest absolute Gasteiger partial charge is 0.481 e. The number of carbonyl (C=O) groups is 1. The van der Waals surface area contributed by atoms with Crippen molar-refractivity contribution >= 4 is 5.97 Å². The van der Waals surface area contributed by atoms with Crippen LogP contribution < -0.4 is 0 Å². The van der Waals surface area contributed by atoms with Crippen molar-refractivity contribution in [2.24, 2.45) is 5.92 Å². The maximum absolute atomic E-state index is 11.0. The molecule has 92 valence electrons. The van der Waals surface area contributed by atoms with Gasteiger partial charge in [0.05, 0.1) is 5.92 Å². The SMILES string of the molecule is O=C(O)C1CCn2c(nnc2-c2cccnc2)C1. The van der Waals surface area contributed by atoms with Gasteiger partial charge in [0.15, 0.2) is 5.82 Å². The van der Waals surface area contributed by atoms with Crippen molar-refractivity contribution in [2.45, 2.75) is 19.4 Å². The summed E-state index contributed by atoms with van der Waals surface area (Å²) in [5, 5.41) is 17.2. The summed E-state index contributed by atoms with van der Waals surface area (Å²) >= 11 is 0. The summed E-state index contributed by atoms with van der Waals surface area (Å²) in [6, 6.07) is 3.77. The molecule has 0 aromatic carbocycles. The van der Waals surface area contributed by atoms with Crippen LogP contribution in [0.1, 0.15) is 12.2 Å². The van der Waals surface area contributed by atoms with Crippen LogP contribution in [-0.2, 0) is 17.8 Å². The molecule has 0 aliphatic carbocycles. The molecule has 0 saturated heterocycles. The lowest BCUT2D eigenvalue weighted by molar-refractivity contribution is -0.142. The Morgan fingerprint density at radius 1 is 1.44 bits per heavy atom. The van der Waals surface area contributed by atoms with E-state index in [1.807, 2.05) is 16.7 Å². The van der Waals surface area contributed by atoms with Gasteiger partial charge in [0, 0.05) is 30.9 Å². The van der Waals surface area contributed by atoms with E-state index in [9.17, 15) is 4.79 Å². The molecule has 2 aromatic heterocycles. The third kappa shape index (κ3) is 1.75. The molecule has 3 rings (SSSR count). The van der Waals surface area contributed by atoms with Crippen molar-refractivity contribution in [3.05, 3.63) is 30.4 Å². The fourth-order valence-corrected chi connectivity index (χ4v) is 2.25. The van der Waals surface area contributed by atoms with Gasteiger partial charge in [0.25, 0.3) is 0 Å². The zero-order valence-electron chi connectivity index (χ0n) is 9.65. The van der Waals surface area contributed by atoms with Crippen LogP contribution in [0.5, 0.6) is 0 Å². The van der Waals surface area contributed by atoms with Crippen LogP contribution in [0.4, 0.5) is 0 Å². The van der Waals surface area contributed by atoms with Gasteiger partial charge in [0.1, 0.15) is 5.82 Å². The molecule has 0 fully saturated rings. The Hall–Kier alpha value is -2.24. The Kier molecular flexibility index (Phi) is 2.55. The topological polar surface area (TPSA) is 80.9 Å². The molecule has 0 spiro atoms. The van der Waals surface area contributed by atoms with E-state index in [2.05, 4.69) is 15.2 Å². The van der Waals surface area contributed by atoms with Crippen LogP contribution in [0.15, 0.2) is 24.5 Å². The van der Waals surface area contributed by atoms with Gasteiger partial charge in [-0.3, -0.25) is 9.78 Å². The summed E-state index contributed by atoms with van der Waals surface area (Å²) in [5.74, 6) is 0.407. The lowest BCUT2D eigenvalue weighted by Crippen LogP contribution is -2.26. The van der Waals surface area contributed by atoms with Gasteiger partial charge in [-0.15, -0.1) is 10.2 Å². The minimum absolute atomic E-state index is 0.344. The van der Waals surface area contributed by atoms with E-state index in [0.29, 0.717) is 19.4 Å². The highest BCUT2D eigenvalue weighted by Crippen LogP contribution is 2.25. The van der Waals surface area contributed by atoms with Crippen molar-refractivity contribution in [3.63, 3.8) is 0 Å². The van der Waals surface area contributed by atoms with Crippen LogP contribution in [0, 0.1) is 5.92 Å². The van der Waals surface area contributed by atoms with Gasteiger partial charge in [-0.2, -0.15) is 0 Å². The Balaban J connectivity index is 1.96. The number of carboxylic acids is 1. The van der Waals surface area contributed by atoms with Crippen LogP contribution in [-0.4, -0.2) is 30.8 Å². The standard InChI is InChI=1S/C12H12N4O2/c17-12(18)8-3-5-16-10(6-8)14-15-11(16)9-2-1-4-13-7-9/h1-2,4,7-8H,3,5-6H2,(H,17,18). The number of aromatic nitrogens is 4. The van der Waals surface area contributed by atoms with E-state index in [4.69, 9.17) is 5.11 Å². The molecule has 1 aliphatic rings. The zero-order valence-corrected chi connectivity index (χ0v) is 9.65. The van der Waals surface area contributed by atoms with Gasteiger partial charge in [-0.05, 0) is 18.6 Å². The van der Waals surface area contributed by atoms with Gasteiger partial charge < -0.3 is 9.67 Å². The Morgan fingerprint density at radius 2 is 2.33 bits per heavy atom. The molecule has 1 unspecified atom stereocenters. The average Bonchev–Trinajstić information content (AvgIpc) is 2.82. The van der Waals surface area contributed by atoms with Gasteiger partial charge in [-0.25, -0.2) is 0 Å². The molecular weight excluding hydrogens is 232 g/mol. The monoisotopic (exact) mass is 244 g/mol. The smallest absolute Gasteiger partial charge is 0.307 e. The summed E-state index contributed by atoms with van der Waals surface area (Å²) in [7, 11) is 0. The van der Waals surface area contributed by atoms with Crippen molar-refractivity contribution in [1.82, 2.24) is 19.7 Å². The van der Waals surface area contributed by atoms with Gasteiger partial charge in [-0.1, -0.05) is 0 Å². The van der Waals surface area contributed by atoms with Crippen LogP contribution in [0.25, 0.3) is 11.4 Å². The molecule has 0 radical (unpaired) electrons. The van der Waals surface area contributed by atoms with Crippen molar-refractivity contribution in [2.75, 3.05) is 0 Å². The predicted molar refractivity (Wildman–Crippen MR) is 62.7 cm³/mol. The molecule has 0 bridgehead atoms. The third-order valence-electron chi connectivity index (χ3n) is 3.23. The Bertz CT molecular complexity index is 579. The second-order valence-corrected chi connectivity index (χ2v) is 4.36. The van der Waals surface area contributed by atoms with E-state index >= 15 is 0 Å². The van der Waals surface area contributed by atoms with E-state index in [1.165, 1.54) is 0 Å². The fourth-order valence-electron chi connectivity index (χ4n) is 2.25. The fraction of sp³-hybridized carbons (Fsp3) is 0.333. The Morgan fingerprint density at radius 3 is 3.06 bits per heavy atom. The maximum Gasteiger partial charge on any atom is 0.307 e. The molecule has 6 nitrogen and oxygen atoms in total.